The SMILES string of the molecule is Cc1cccc(C)c1OCCc1nc(N)nc2ccccc12. The Labute approximate surface area is 130 Å². The first-order chi connectivity index (χ1) is 10.6. The van der Waals surface area contributed by atoms with E-state index in [1.807, 2.05) is 30.3 Å². The van der Waals surface area contributed by atoms with Crippen molar-refractivity contribution in [1.29, 1.82) is 0 Å². The van der Waals surface area contributed by atoms with Crippen molar-refractivity contribution in [2.45, 2.75) is 20.3 Å². The average molecular weight is 293 g/mol. The molecule has 0 fully saturated rings. The summed E-state index contributed by atoms with van der Waals surface area (Å²) in [7, 11) is 0. The molecule has 3 rings (SSSR count). The largest absolute Gasteiger partial charge is 0.493 e. The highest BCUT2D eigenvalue weighted by Gasteiger charge is 2.07. The molecule has 2 N–H and O–H groups in total. The number of nitrogens with zero attached hydrogens (tertiary/aromatic N) is 2. The average Bonchev–Trinajstić information content (AvgIpc) is 2.50. The van der Waals surface area contributed by atoms with Crippen LogP contribution in [0.3, 0.4) is 0 Å². The van der Waals surface area contributed by atoms with Gasteiger partial charge >= 0.3 is 0 Å². The highest BCUT2D eigenvalue weighted by Crippen LogP contribution is 2.23. The van der Waals surface area contributed by atoms with Crippen LogP contribution in [0.25, 0.3) is 10.9 Å². The van der Waals surface area contributed by atoms with E-state index in [9.17, 15) is 0 Å². The molecule has 0 unspecified atom stereocenters. The summed E-state index contributed by atoms with van der Waals surface area (Å²) in [4.78, 5) is 8.62. The summed E-state index contributed by atoms with van der Waals surface area (Å²) in [5.74, 6) is 1.26. The predicted octanol–water partition coefficient (Wildman–Crippen LogP) is 3.45. The van der Waals surface area contributed by atoms with Crippen molar-refractivity contribution >= 4 is 16.9 Å². The molecule has 0 aliphatic carbocycles. The molecular formula is C18H19N3O. The van der Waals surface area contributed by atoms with E-state index in [0.717, 1.165) is 33.5 Å². The number of hydrogen-bond acceptors (Lipinski definition) is 4. The molecule has 0 aliphatic heterocycles. The fourth-order valence-corrected chi connectivity index (χ4v) is 2.63. The minimum absolute atomic E-state index is 0.306. The Hall–Kier alpha value is -2.62. The van der Waals surface area contributed by atoms with Gasteiger partial charge in [-0.25, -0.2) is 9.97 Å². The van der Waals surface area contributed by atoms with Crippen LogP contribution in [0.4, 0.5) is 5.95 Å². The van der Waals surface area contributed by atoms with Crippen LogP contribution in [0.5, 0.6) is 5.75 Å². The second kappa shape index (κ2) is 6.02. The monoisotopic (exact) mass is 293 g/mol. The zero-order valence-corrected chi connectivity index (χ0v) is 12.8. The van der Waals surface area contributed by atoms with Crippen LogP contribution in [0.15, 0.2) is 42.5 Å². The molecule has 0 saturated heterocycles. The first-order valence-corrected chi connectivity index (χ1v) is 7.35. The molecular weight excluding hydrogens is 274 g/mol. The number of ether oxygens (including phenoxy) is 1. The van der Waals surface area contributed by atoms with E-state index in [-0.39, 0.29) is 0 Å². The van der Waals surface area contributed by atoms with Gasteiger partial charge in [-0.3, -0.25) is 0 Å². The molecule has 0 saturated carbocycles. The second-order valence-electron chi connectivity index (χ2n) is 5.37. The van der Waals surface area contributed by atoms with Gasteiger partial charge in [-0.15, -0.1) is 0 Å². The van der Waals surface area contributed by atoms with Gasteiger partial charge in [0.2, 0.25) is 5.95 Å². The number of aromatic nitrogens is 2. The minimum atomic E-state index is 0.306. The van der Waals surface area contributed by atoms with Gasteiger partial charge in [-0.1, -0.05) is 36.4 Å². The van der Waals surface area contributed by atoms with Crippen LogP contribution in [0, 0.1) is 13.8 Å². The maximum Gasteiger partial charge on any atom is 0.220 e. The van der Waals surface area contributed by atoms with Crippen molar-refractivity contribution in [2.24, 2.45) is 0 Å². The Balaban J connectivity index is 1.80. The number of benzene rings is 2. The van der Waals surface area contributed by atoms with Crippen molar-refractivity contribution in [2.75, 3.05) is 12.3 Å². The van der Waals surface area contributed by atoms with E-state index in [0.29, 0.717) is 19.0 Å². The molecule has 1 aromatic heterocycles. The van der Waals surface area contributed by atoms with Gasteiger partial charge in [-0.05, 0) is 31.0 Å². The fourth-order valence-electron chi connectivity index (χ4n) is 2.63. The highest BCUT2D eigenvalue weighted by molar-refractivity contribution is 5.81. The van der Waals surface area contributed by atoms with Crippen molar-refractivity contribution < 1.29 is 4.74 Å². The Morgan fingerprint density at radius 1 is 0.955 bits per heavy atom. The van der Waals surface area contributed by atoms with Crippen LogP contribution in [0.2, 0.25) is 0 Å². The lowest BCUT2D eigenvalue weighted by atomic mass is 10.1. The molecule has 2 aromatic carbocycles. The Bertz CT molecular complexity index is 794. The first-order valence-electron chi connectivity index (χ1n) is 7.35. The molecule has 1 heterocycles. The number of fused-ring (bicyclic) bond motifs is 1. The van der Waals surface area contributed by atoms with Gasteiger partial charge < -0.3 is 10.5 Å². The molecule has 22 heavy (non-hydrogen) atoms. The summed E-state index contributed by atoms with van der Waals surface area (Å²) < 4.78 is 5.96. The molecule has 4 nitrogen and oxygen atoms in total. The number of rotatable bonds is 4. The smallest absolute Gasteiger partial charge is 0.220 e. The van der Waals surface area contributed by atoms with Gasteiger partial charge in [0.25, 0.3) is 0 Å². The van der Waals surface area contributed by atoms with Crippen molar-refractivity contribution in [1.82, 2.24) is 9.97 Å². The number of nitrogens with two attached hydrogens (primary N) is 1. The van der Waals surface area contributed by atoms with E-state index in [4.69, 9.17) is 10.5 Å². The quantitative estimate of drug-likeness (QED) is 0.800. The lowest BCUT2D eigenvalue weighted by Gasteiger charge is -2.12. The van der Waals surface area contributed by atoms with Gasteiger partial charge in [0.05, 0.1) is 17.8 Å². The van der Waals surface area contributed by atoms with E-state index in [1.54, 1.807) is 0 Å². The summed E-state index contributed by atoms with van der Waals surface area (Å²) in [5, 5.41) is 1.03. The third kappa shape index (κ3) is 2.86. The number of aryl methyl sites for hydroxylation is 2. The highest BCUT2D eigenvalue weighted by atomic mass is 16.5. The lowest BCUT2D eigenvalue weighted by Crippen LogP contribution is -2.07. The first kappa shape index (κ1) is 14.3. The van der Waals surface area contributed by atoms with E-state index < -0.39 is 0 Å². The summed E-state index contributed by atoms with van der Waals surface area (Å²) in [6, 6.07) is 14.0. The van der Waals surface area contributed by atoms with Crippen LogP contribution in [0.1, 0.15) is 16.8 Å². The summed E-state index contributed by atoms with van der Waals surface area (Å²) in [6.45, 7) is 4.67. The van der Waals surface area contributed by atoms with Crippen LogP contribution in [-0.4, -0.2) is 16.6 Å². The second-order valence-corrected chi connectivity index (χ2v) is 5.37. The summed E-state index contributed by atoms with van der Waals surface area (Å²) >= 11 is 0. The zero-order valence-electron chi connectivity index (χ0n) is 12.8. The maximum atomic E-state index is 5.96. The van der Waals surface area contributed by atoms with E-state index in [2.05, 4.69) is 35.9 Å². The Morgan fingerprint density at radius 2 is 1.68 bits per heavy atom. The van der Waals surface area contributed by atoms with Crippen molar-refractivity contribution in [3.8, 4) is 5.75 Å². The lowest BCUT2D eigenvalue weighted by molar-refractivity contribution is 0.316. The van der Waals surface area contributed by atoms with E-state index in [1.165, 1.54) is 0 Å². The predicted molar refractivity (Wildman–Crippen MR) is 89.1 cm³/mol. The maximum absolute atomic E-state index is 5.96. The van der Waals surface area contributed by atoms with Gasteiger partial charge in [0.1, 0.15) is 5.75 Å². The third-order valence-electron chi connectivity index (χ3n) is 3.69. The topological polar surface area (TPSA) is 61.0 Å². The molecule has 4 heteroatoms. The number of para-hydroxylation sites is 2. The number of hydrogen-bond donors (Lipinski definition) is 1. The summed E-state index contributed by atoms with van der Waals surface area (Å²) in [5.41, 5.74) is 9.88. The minimum Gasteiger partial charge on any atom is -0.493 e. The molecule has 112 valence electrons. The van der Waals surface area contributed by atoms with Crippen molar-refractivity contribution in [3.05, 3.63) is 59.3 Å². The Kier molecular flexibility index (Phi) is 3.92. The standard InChI is InChI=1S/C18H19N3O/c1-12-6-5-7-13(2)17(12)22-11-10-16-14-8-3-4-9-15(14)20-18(19)21-16/h3-9H,10-11H2,1-2H3,(H2,19,20,21). The Morgan fingerprint density at radius 3 is 2.45 bits per heavy atom. The van der Waals surface area contributed by atoms with Crippen LogP contribution >= 0.6 is 0 Å². The molecule has 0 aliphatic rings. The zero-order chi connectivity index (χ0) is 15.5. The van der Waals surface area contributed by atoms with Gasteiger partial charge in [0, 0.05) is 11.8 Å². The molecule has 0 amide bonds. The van der Waals surface area contributed by atoms with Gasteiger partial charge in [0.15, 0.2) is 0 Å². The van der Waals surface area contributed by atoms with Crippen molar-refractivity contribution in [3.63, 3.8) is 0 Å². The molecule has 0 bridgehead atoms. The third-order valence-corrected chi connectivity index (χ3v) is 3.69. The fraction of sp³-hybridized carbons (Fsp3) is 0.222. The normalized spacial score (nSPS) is 10.8. The number of nitrogen functional groups attached to an aromatic ring is 1. The molecule has 0 spiro atoms. The molecule has 0 atom stereocenters. The van der Waals surface area contributed by atoms with Gasteiger partial charge in [-0.2, -0.15) is 0 Å². The van der Waals surface area contributed by atoms with Crippen LogP contribution < -0.4 is 10.5 Å². The van der Waals surface area contributed by atoms with Crippen LogP contribution in [-0.2, 0) is 6.42 Å². The molecule has 3 aromatic rings. The van der Waals surface area contributed by atoms with E-state index >= 15 is 0 Å². The number of anilines is 1. The summed E-state index contributed by atoms with van der Waals surface area (Å²) in [6.07, 6.45) is 0.695. The molecule has 0 radical (unpaired) electrons.